The van der Waals surface area contributed by atoms with E-state index in [1.165, 1.54) is 0 Å². The Hall–Kier alpha value is -2.76. The van der Waals surface area contributed by atoms with Crippen LogP contribution >= 0.6 is 0 Å². The summed E-state index contributed by atoms with van der Waals surface area (Å²) in [5.74, 6) is 0.591. The summed E-state index contributed by atoms with van der Waals surface area (Å²) in [6, 6.07) is 11.4. The average Bonchev–Trinajstić information content (AvgIpc) is 3.34. The number of urea groups is 1. The number of amides is 2. The maximum Gasteiger partial charge on any atom is 0.322 e. The van der Waals surface area contributed by atoms with Crippen LogP contribution in [0.15, 0.2) is 41.2 Å². The van der Waals surface area contributed by atoms with E-state index in [0.29, 0.717) is 24.9 Å². The van der Waals surface area contributed by atoms with Gasteiger partial charge in [-0.1, -0.05) is 12.1 Å². The predicted molar refractivity (Wildman–Crippen MR) is 99.9 cm³/mol. The van der Waals surface area contributed by atoms with Crippen LogP contribution < -0.4 is 15.6 Å². The fourth-order valence-electron chi connectivity index (χ4n) is 3.35. The van der Waals surface area contributed by atoms with E-state index in [1.807, 2.05) is 48.7 Å². The number of nitrogens with one attached hydrogen (secondary N) is 1. The normalized spacial score (nSPS) is 16.9. The summed E-state index contributed by atoms with van der Waals surface area (Å²) in [6.07, 6.45) is 2.08. The smallest absolute Gasteiger partial charge is 0.322 e. The number of carbonyl (C=O) groups is 1. The number of pyridine rings is 1. The van der Waals surface area contributed by atoms with E-state index in [0.717, 1.165) is 29.8 Å². The largest absolute Gasteiger partial charge is 0.486 e. The van der Waals surface area contributed by atoms with Gasteiger partial charge in [0.15, 0.2) is 0 Å². The molecule has 1 aromatic carbocycles. The molecule has 2 fully saturated rings. The molecule has 0 unspecified atom stereocenters. The Kier molecular flexibility index (Phi) is 4.18. The Morgan fingerprint density at radius 2 is 1.92 bits per heavy atom. The van der Waals surface area contributed by atoms with Crippen molar-refractivity contribution in [3.05, 3.63) is 58.0 Å². The van der Waals surface area contributed by atoms with Gasteiger partial charge in [-0.05, 0) is 50.5 Å². The van der Waals surface area contributed by atoms with Crippen molar-refractivity contribution in [1.29, 1.82) is 0 Å². The van der Waals surface area contributed by atoms with Gasteiger partial charge in [-0.25, -0.2) is 4.79 Å². The standard InChI is InChI=1S/C20H23N3O3/c1-13-4-3-5-15(8-13)21-20(25)22-11-18(12-22)26-17-9-14(2)23(16-6-7-16)19(24)10-17/h3-5,8-10,16,18H,6-7,11-12H2,1-2H3,(H,21,25). The van der Waals surface area contributed by atoms with E-state index in [-0.39, 0.29) is 17.7 Å². The monoisotopic (exact) mass is 353 g/mol. The van der Waals surface area contributed by atoms with E-state index < -0.39 is 0 Å². The quantitative estimate of drug-likeness (QED) is 0.919. The van der Waals surface area contributed by atoms with Gasteiger partial charge in [-0.2, -0.15) is 0 Å². The molecule has 2 amide bonds. The molecule has 2 heterocycles. The van der Waals surface area contributed by atoms with Crippen LogP contribution in [0.3, 0.4) is 0 Å². The second-order valence-electron chi connectivity index (χ2n) is 7.22. The summed E-state index contributed by atoms with van der Waals surface area (Å²) < 4.78 is 7.72. The Morgan fingerprint density at radius 1 is 1.15 bits per heavy atom. The minimum Gasteiger partial charge on any atom is -0.486 e. The van der Waals surface area contributed by atoms with E-state index in [9.17, 15) is 9.59 Å². The lowest BCUT2D eigenvalue weighted by atomic mass is 10.1. The highest BCUT2D eigenvalue weighted by atomic mass is 16.5. The number of benzene rings is 1. The Morgan fingerprint density at radius 3 is 2.58 bits per heavy atom. The molecule has 4 rings (SSSR count). The number of nitrogens with zero attached hydrogens (tertiary/aromatic N) is 2. The molecular formula is C20H23N3O3. The molecule has 136 valence electrons. The van der Waals surface area contributed by atoms with Crippen molar-refractivity contribution in [2.45, 2.75) is 38.8 Å². The molecule has 6 heteroatoms. The van der Waals surface area contributed by atoms with Gasteiger partial charge in [0.25, 0.3) is 5.56 Å². The van der Waals surface area contributed by atoms with Crippen molar-refractivity contribution in [2.24, 2.45) is 0 Å². The van der Waals surface area contributed by atoms with Gasteiger partial charge in [0.1, 0.15) is 11.9 Å². The fraction of sp³-hybridized carbons (Fsp3) is 0.400. The van der Waals surface area contributed by atoms with Gasteiger partial charge >= 0.3 is 6.03 Å². The van der Waals surface area contributed by atoms with E-state index in [2.05, 4.69) is 5.32 Å². The minimum atomic E-state index is -0.129. The molecule has 2 aliphatic rings. The molecule has 1 aliphatic heterocycles. The number of carbonyl (C=O) groups excluding carboxylic acids is 1. The van der Waals surface area contributed by atoms with Crippen molar-refractivity contribution in [3.8, 4) is 5.75 Å². The second kappa shape index (κ2) is 6.52. The van der Waals surface area contributed by atoms with Crippen LogP contribution in [0, 0.1) is 13.8 Å². The zero-order valence-electron chi connectivity index (χ0n) is 15.1. The summed E-state index contributed by atoms with van der Waals surface area (Å²) in [6.45, 7) is 4.96. The van der Waals surface area contributed by atoms with Crippen LogP contribution in [0.5, 0.6) is 5.75 Å². The van der Waals surface area contributed by atoms with Gasteiger partial charge in [-0.15, -0.1) is 0 Å². The summed E-state index contributed by atoms with van der Waals surface area (Å²) in [5.41, 5.74) is 2.82. The Balaban J connectivity index is 1.32. The van der Waals surface area contributed by atoms with Crippen LogP contribution in [0.25, 0.3) is 0 Å². The summed E-state index contributed by atoms with van der Waals surface area (Å²) >= 11 is 0. The van der Waals surface area contributed by atoms with Gasteiger partial charge in [0.05, 0.1) is 13.1 Å². The van der Waals surface area contributed by atoms with Crippen molar-refractivity contribution in [2.75, 3.05) is 18.4 Å². The first-order valence-corrected chi connectivity index (χ1v) is 9.02. The zero-order chi connectivity index (χ0) is 18.3. The molecular weight excluding hydrogens is 330 g/mol. The average molecular weight is 353 g/mol. The Bertz CT molecular complexity index is 895. The summed E-state index contributed by atoms with van der Waals surface area (Å²) in [5, 5.41) is 2.89. The number of rotatable bonds is 4. The molecule has 0 bridgehead atoms. The SMILES string of the molecule is Cc1cccc(NC(=O)N2CC(Oc3cc(C)n(C4CC4)c(=O)c3)C2)c1. The molecule has 26 heavy (non-hydrogen) atoms. The highest BCUT2D eigenvalue weighted by Crippen LogP contribution is 2.35. The topological polar surface area (TPSA) is 63.6 Å². The zero-order valence-corrected chi connectivity index (χ0v) is 15.1. The molecule has 1 saturated heterocycles. The summed E-state index contributed by atoms with van der Waals surface area (Å²) in [4.78, 5) is 26.2. The van der Waals surface area contributed by atoms with Gasteiger partial charge in [-0.3, -0.25) is 4.79 Å². The van der Waals surface area contributed by atoms with Crippen molar-refractivity contribution < 1.29 is 9.53 Å². The number of likely N-dealkylation sites (tertiary alicyclic amines) is 1. The van der Waals surface area contributed by atoms with Crippen molar-refractivity contribution >= 4 is 11.7 Å². The van der Waals surface area contributed by atoms with Crippen LogP contribution in [-0.4, -0.2) is 34.7 Å². The highest BCUT2D eigenvalue weighted by molar-refractivity contribution is 5.90. The molecule has 1 aromatic heterocycles. The van der Waals surface area contributed by atoms with Crippen molar-refractivity contribution in [1.82, 2.24) is 9.47 Å². The fourth-order valence-corrected chi connectivity index (χ4v) is 3.35. The van der Waals surface area contributed by atoms with Gasteiger partial charge in [0.2, 0.25) is 0 Å². The van der Waals surface area contributed by atoms with E-state index in [4.69, 9.17) is 4.74 Å². The number of anilines is 1. The summed E-state index contributed by atoms with van der Waals surface area (Å²) in [7, 11) is 0. The maximum absolute atomic E-state index is 12.2. The van der Waals surface area contributed by atoms with Crippen LogP contribution in [0.2, 0.25) is 0 Å². The first kappa shape index (κ1) is 16.7. The van der Waals surface area contributed by atoms with Gasteiger partial charge in [0, 0.05) is 23.5 Å². The number of hydrogen-bond donors (Lipinski definition) is 1. The van der Waals surface area contributed by atoms with E-state index in [1.54, 1.807) is 11.0 Å². The Labute approximate surface area is 152 Å². The molecule has 0 atom stereocenters. The molecule has 2 aromatic rings. The number of ether oxygens (including phenoxy) is 1. The first-order valence-electron chi connectivity index (χ1n) is 9.02. The lowest BCUT2D eigenvalue weighted by Crippen LogP contribution is -2.57. The lowest BCUT2D eigenvalue weighted by molar-refractivity contribution is 0.0490. The van der Waals surface area contributed by atoms with E-state index >= 15 is 0 Å². The van der Waals surface area contributed by atoms with Crippen LogP contribution in [0.4, 0.5) is 10.5 Å². The van der Waals surface area contributed by atoms with Crippen molar-refractivity contribution in [3.63, 3.8) is 0 Å². The molecule has 0 radical (unpaired) electrons. The lowest BCUT2D eigenvalue weighted by Gasteiger charge is -2.38. The van der Waals surface area contributed by atoms with Crippen LogP contribution in [-0.2, 0) is 0 Å². The van der Waals surface area contributed by atoms with Gasteiger partial charge < -0.3 is 19.5 Å². The highest BCUT2D eigenvalue weighted by Gasteiger charge is 2.33. The molecule has 0 spiro atoms. The number of hydrogen-bond acceptors (Lipinski definition) is 3. The first-order chi connectivity index (χ1) is 12.5. The minimum absolute atomic E-state index is 0.00382. The molecule has 1 aliphatic carbocycles. The third-order valence-corrected chi connectivity index (χ3v) is 4.85. The second-order valence-corrected chi connectivity index (χ2v) is 7.22. The molecule has 6 nitrogen and oxygen atoms in total. The molecule has 1 N–H and O–H groups in total. The third-order valence-electron chi connectivity index (χ3n) is 4.85. The number of aromatic nitrogens is 1. The third kappa shape index (κ3) is 3.45. The maximum atomic E-state index is 12.2. The molecule has 1 saturated carbocycles. The number of aryl methyl sites for hydroxylation is 2. The van der Waals surface area contributed by atoms with Crippen LogP contribution in [0.1, 0.15) is 30.1 Å². The predicted octanol–water partition coefficient (Wildman–Crippen LogP) is 3.10.